The number of thiophene rings is 1. The second-order valence-corrected chi connectivity index (χ2v) is 5.71. The van der Waals surface area contributed by atoms with Gasteiger partial charge in [-0.1, -0.05) is 12.8 Å². The maximum Gasteiger partial charge on any atom is 0.263 e. The number of nitrogens with two attached hydrogens (primary N) is 1. The van der Waals surface area contributed by atoms with Crippen LogP contribution in [0.3, 0.4) is 0 Å². The predicted molar refractivity (Wildman–Crippen MR) is 79.2 cm³/mol. The second kappa shape index (κ2) is 6.14. The molecule has 0 saturated heterocycles. The molecule has 6 heteroatoms. The predicted octanol–water partition coefficient (Wildman–Crippen LogP) is 2.44. The fraction of sp³-hybridized carbons (Fsp3) is 0.615. The zero-order valence-corrected chi connectivity index (χ0v) is 12.2. The Kier molecular flexibility index (Phi) is 4.52. The number of hydrogen-bond acceptors (Lipinski definition) is 5. The van der Waals surface area contributed by atoms with Crippen molar-refractivity contribution in [3.8, 4) is 5.75 Å². The highest BCUT2D eigenvalue weighted by Gasteiger charge is 2.24. The van der Waals surface area contributed by atoms with E-state index in [4.69, 9.17) is 10.5 Å². The van der Waals surface area contributed by atoms with E-state index < -0.39 is 0 Å². The van der Waals surface area contributed by atoms with E-state index in [1.807, 2.05) is 6.92 Å². The van der Waals surface area contributed by atoms with Crippen molar-refractivity contribution in [3.63, 3.8) is 0 Å². The summed E-state index contributed by atoms with van der Waals surface area (Å²) in [6.07, 6.45) is 4.84. The van der Waals surface area contributed by atoms with Crippen LogP contribution in [-0.2, 0) is 0 Å². The van der Waals surface area contributed by atoms with Gasteiger partial charge in [0, 0.05) is 12.6 Å². The summed E-state index contributed by atoms with van der Waals surface area (Å²) >= 11 is 1.37. The summed E-state index contributed by atoms with van der Waals surface area (Å²) in [6.45, 7) is 2.47. The molecule has 0 aliphatic heterocycles. The van der Waals surface area contributed by atoms with Crippen molar-refractivity contribution < 1.29 is 9.53 Å². The highest BCUT2D eigenvalue weighted by atomic mass is 32.1. The van der Waals surface area contributed by atoms with E-state index in [2.05, 4.69) is 10.6 Å². The molecule has 1 saturated carbocycles. The first-order chi connectivity index (χ1) is 9.17. The standard InChI is InChI=1S/C13H21N3O2S/c1-3-15-12(17)11-9(14)10(18-2)13(19-11)16-8-6-4-5-7-8/h8,16H,3-7,14H2,1-2H3,(H,15,17). The SMILES string of the molecule is CCNC(=O)c1sc(NC2CCCC2)c(OC)c1N. The van der Waals surface area contributed by atoms with Crippen LogP contribution in [0.2, 0.25) is 0 Å². The van der Waals surface area contributed by atoms with Gasteiger partial charge in [-0.25, -0.2) is 0 Å². The first-order valence-electron chi connectivity index (χ1n) is 6.68. The molecular weight excluding hydrogens is 262 g/mol. The lowest BCUT2D eigenvalue weighted by molar-refractivity contribution is 0.0960. The number of nitrogen functional groups attached to an aromatic ring is 1. The number of carbonyl (C=O) groups is 1. The Morgan fingerprint density at radius 2 is 2.16 bits per heavy atom. The summed E-state index contributed by atoms with van der Waals surface area (Å²) in [5.41, 5.74) is 6.43. The minimum atomic E-state index is -0.136. The van der Waals surface area contributed by atoms with Crippen LogP contribution in [0, 0.1) is 0 Å². The van der Waals surface area contributed by atoms with Crippen LogP contribution in [0.15, 0.2) is 0 Å². The third-order valence-electron chi connectivity index (χ3n) is 3.34. The number of methoxy groups -OCH3 is 1. The third kappa shape index (κ3) is 2.94. The lowest BCUT2D eigenvalue weighted by Gasteiger charge is -2.12. The van der Waals surface area contributed by atoms with Crippen LogP contribution in [0.5, 0.6) is 5.75 Å². The molecule has 0 unspecified atom stereocenters. The molecule has 19 heavy (non-hydrogen) atoms. The van der Waals surface area contributed by atoms with Gasteiger partial charge in [0.2, 0.25) is 0 Å². The number of hydrogen-bond donors (Lipinski definition) is 3. The van der Waals surface area contributed by atoms with E-state index in [-0.39, 0.29) is 5.91 Å². The summed E-state index contributed by atoms with van der Waals surface area (Å²) in [7, 11) is 1.58. The molecule has 5 nitrogen and oxygen atoms in total. The largest absolute Gasteiger partial charge is 0.492 e. The van der Waals surface area contributed by atoms with Crippen molar-refractivity contribution in [1.82, 2.24) is 5.32 Å². The fourth-order valence-corrected chi connectivity index (χ4v) is 3.47. The first kappa shape index (κ1) is 14.0. The third-order valence-corrected chi connectivity index (χ3v) is 4.45. The normalized spacial score (nSPS) is 15.5. The summed E-state index contributed by atoms with van der Waals surface area (Å²) in [4.78, 5) is 12.4. The molecule has 0 aromatic carbocycles. The first-order valence-corrected chi connectivity index (χ1v) is 7.50. The van der Waals surface area contributed by atoms with E-state index in [9.17, 15) is 4.79 Å². The molecule has 1 heterocycles. The highest BCUT2D eigenvalue weighted by Crippen LogP contribution is 2.43. The minimum absolute atomic E-state index is 0.136. The zero-order valence-electron chi connectivity index (χ0n) is 11.4. The number of nitrogens with one attached hydrogen (secondary N) is 2. The lowest BCUT2D eigenvalue weighted by Crippen LogP contribution is -2.22. The van der Waals surface area contributed by atoms with Gasteiger partial charge in [-0.2, -0.15) is 0 Å². The van der Waals surface area contributed by atoms with Gasteiger partial charge < -0.3 is 21.1 Å². The quantitative estimate of drug-likeness (QED) is 0.776. The highest BCUT2D eigenvalue weighted by molar-refractivity contribution is 7.19. The zero-order chi connectivity index (χ0) is 13.8. The van der Waals surface area contributed by atoms with Crippen molar-refractivity contribution >= 4 is 27.9 Å². The van der Waals surface area contributed by atoms with Gasteiger partial charge in [-0.05, 0) is 19.8 Å². The summed E-state index contributed by atoms with van der Waals surface area (Å²) in [5, 5.41) is 7.09. The van der Waals surface area contributed by atoms with Gasteiger partial charge in [0.05, 0.1) is 7.11 Å². The molecule has 0 radical (unpaired) electrons. The van der Waals surface area contributed by atoms with Crippen molar-refractivity contribution in [3.05, 3.63) is 4.88 Å². The molecule has 1 aliphatic carbocycles. The van der Waals surface area contributed by atoms with Crippen LogP contribution in [-0.4, -0.2) is 25.6 Å². The molecule has 1 aromatic rings. The molecule has 0 atom stereocenters. The Bertz CT molecular complexity index is 453. The molecule has 1 aliphatic rings. The lowest BCUT2D eigenvalue weighted by atomic mass is 10.2. The number of anilines is 2. The van der Waals surface area contributed by atoms with Crippen LogP contribution in [0.1, 0.15) is 42.3 Å². The van der Waals surface area contributed by atoms with E-state index >= 15 is 0 Å². The number of ether oxygens (including phenoxy) is 1. The van der Waals surface area contributed by atoms with Gasteiger partial charge in [-0.3, -0.25) is 4.79 Å². The van der Waals surface area contributed by atoms with Gasteiger partial charge in [0.1, 0.15) is 15.6 Å². The molecule has 4 N–H and O–H groups in total. The molecule has 106 valence electrons. The number of carbonyl (C=O) groups excluding carboxylic acids is 1. The number of rotatable bonds is 5. The summed E-state index contributed by atoms with van der Waals surface area (Å²) < 4.78 is 5.34. The van der Waals surface area contributed by atoms with Gasteiger partial charge in [0.25, 0.3) is 5.91 Å². The molecule has 1 amide bonds. The van der Waals surface area contributed by atoms with Crippen LogP contribution in [0.4, 0.5) is 10.7 Å². The van der Waals surface area contributed by atoms with Crippen LogP contribution in [0.25, 0.3) is 0 Å². The summed E-state index contributed by atoms with van der Waals surface area (Å²) in [5.74, 6) is 0.459. The monoisotopic (exact) mass is 283 g/mol. The van der Waals surface area contributed by atoms with Crippen LogP contribution >= 0.6 is 11.3 Å². The number of amides is 1. The van der Waals surface area contributed by atoms with Crippen molar-refractivity contribution in [2.45, 2.75) is 38.6 Å². The van der Waals surface area contributed by atoms with E-state index in [0.29, 0.717) is 28.9 Å². The van der Waals surface area contributed by atoms with Crippen molar-refractivity contribution in [2.75, 3.05) is 24.7 Å². The van der Waals surface area contributed by atoms with E-state index in [1.165, 1.54) is 24.2 Å². The fourth-order valence-electron chi connectivity index (χ4n) is 2.39. The molecular formula is C13H21N3O2S. The molecule has 1 aromatic heterocycles. The van der Waals surface area contributed by atoms with Gasteiger partial charge >= 0.3 is 0 Å². The second-order valence-electron chi connectivity index (χ2n) is 4.69. The Labute approximate surface area is 117 Å². The maximum atomic E-state index is 11.9. The average Bonchev–Trinajstić information content (AvgIpc) is 2.98. The van der Waals surface area contributed by atoms with E-state index in [0.717, 1.165) is 17.8 Å². The Morgan fingerprint density at radius 1 is 1.47 bits per heavy atom. The Hall–Kier alpha value is -1.43. The van der Waals surface area contributed by atoms with Gasteiger partial charge in [0.15, 0.2) is 5.75 Å². The van der Waals surface area contributed by atoms with Crippen LogP contribution < -0.4 is 21.1 Å². The smallest absolute Gasteiger partial charge is 0.263 e. The Balaban J connectivity index is 2.22. The molecule has 1 fully saturated rings. The van der Waals surface area contributed by atoms with Gasteiger partial charge in [-0.15, -0.1) is 11.3 Å². The minimum Gasteiger partial charge on any atom is -0.492 e. The topological polar surface area (TPSA) is 76.4 Å². The molecule has 0 spiro atoms. The van der Waals surface area contributed by atoms with Crippen molar-refractivity contribution in [2.24, 2.45) is 0 Å². The summed E-state index contributed by atoms with van der Waals surface area (Å²) in [6, 6.07) is 0.467. The molecule has 0 bridgehead atoms. The Morgan fingerprint density at radius 3 is 2.74 bits per heavy atom. The van der Waals surface area contributed by atoms with E-state index in [1.54, 1.807) is 7.11 Å². The molecule has 2 rings (SSSR count). The van der Waals surface area contributed by atoms with Crippen molar-refractivity contribution in [1.29, 1.82) is 0 Å². The average molecular weight is 283 g/mol. The maximum absolute atomic E-state index is 11.9.